The van der Waals surface area contributed by atoms with Crippen molar-refractivity contribution in [1.29, 1.82) is 5.26 Å². The second-order valence-corrected chi connectivity index (χ2v) is 3.59. The Hall–Kier alpha value is -2.55. The molecule has 0 spiro atoms. The first kappa shape index (κ1) is 13.5. The van der Waals surface area contributed by atoms with Gasteiger partial charge < -0.3 is 15.7 Å². The van der Waals surface area contributed by atoms with Gasteiger partial charge in [-0.2, -0.15) is 5.26 Å². The number of hydrogen-bond acceptors (Lipinski definition) is 3. The lowest BCUT2D eigenvalue weighted by Crippen LogP contribution is -2.42. The molecule has 18 heavy (non-hydrogen) atoms. The third-order valence-electron chi connectivity index (χ3n) is 2.26. The van der Waals surface area contributed by atoms with Crippen LogP contribution in [0.4, 0.5) is 10.5 Å². The van der Waals surface area contributed by atoms with Gasteiger partial charge in [-0.3, -0.25) is 0 Å². The number of nitriles is 1. The number of amides is 2. The van der Waals surface area contributed by atoms with Crippen LogP contribution in [0.1, 0.15) is 18.9 Å². The number of urea groups is 1. The van der Waals surface area contributed by atoms with Gasteiger partial charge in [0.1, 0.15) is 6.04 Å². The third-order valence-corrected chi connectivity index (χ3v) is 2.26. The number of carbonyl (C=O) groups is 2. The Morgan fingerprint density at radius 3 is 2.78 bits per heavy atom. The van der Waals surface area contributed by atoms with Gasteiger partial charge >= 0.3 is 12.0 Å². The minimum Gasteiger partial charge on any atom is -0.480 e. The molecule has 0 radical (unpaired) electrons. The van der Waals surface area contributed by atoms with E-state index >= 15 is 0 Å². The number of carboxylic acids is 1. The lowest BCUT2D eigenvalue weighted by Gasteiger charge is -2.13. The summed E-state index contributed by atoms with van der Waals surface area (Å²) < 4.78 is 0. The molecule has 2 amide bonds. The zero-order valence-corrected chi connectivity index (χ0v) is 9.80. The van der Waals surface area contributed by atoms with Crippen molar-refractivity contribution in [1.82, 2.24) is 5.32 Å². The quantitative estimate of drug-likeness (QED) is 0.750. The van der Waals surface area contributed by atoms with E-state index in [9.17, 15) is 9.59 Å². The van der Waals surface area contributed by atoms with Gasteiger partial charge in [0, 0.05) is 5.69 Å². The van der Waals surface area contributed by atoms with Crippen LogP contribution in [0.5, 0.6) is 0 Å². The first-order valence-electron chi connectivity index (χ1n) is 5.37. The molecule has 0 aliphatic heterocycles. The van der Waals surface area contributed by atoms with Crippen LogP contribution in [-0.2, 0) is 4.79 Å². The molecule has 0 fully saturated rings. The lowest BCUT2D eigenvalue weighted by atomic mass is 10.2. The highest BCUT2D eigenvalue weighted by Gasteiger charge is 2.17. The van der Waals surface area contributed by atoms with E-state index in [1.54, 1.807) is 25.1 Å². The first-order chi connectivity index (χ1) is 8.56. The minimum atomic E-state index is -1.08. The van der Waals surface area contributed by atoms with Gasteiger partial charge in [-0.15, -0.1) is 0 Å². The molecule has 1 aromatic rings. The molecule has 6 heteroatoms. The summed E-state index contributed by atoms with van der Waals surface area (Å²) in [7, 11) is 0. The van der Waals surface area contributed by atoms with Gasteiger partial charge in [-0.05, 0) is 24.6 Å². The summed E-state index contributed by atoms with van der Waals surface area (Å²) in [5.41, 5.74) is 0.852. The van der Waals surface area contributed by atoms with Crippen LogP contribution >= 0.6 is 0 Å². The van der Waals surface area contributed by atoms with Gasteiger partial charge in [0.05, 0.1) is 11.6 Å². The zero-order chi connectivity index (χ0) is 13.5. The molecule has 0 saturated carbocycles. The van der Waals surface area contributed by atoms with Crippen molar-refractivity contribution in [2.75, 3.05) is 5.32 Å². The Morgan fingerprint density at radius 2 is 2.22 bits per heavy atom. The standard InChI is InChI=1S/C12H13N3O3/c1-2-10(11(16)17)15-12(18)14-9-5-3-4-8(6-9)7-13/h3-6,10H,2H2,1H3,(H,16,17)(H2,14,15,18)/t10-/m1/s1. The van der Waals surface area contributed by atoms with Crippen LogP contribution < -0.4 is 10.6 Å². The van der Waals surface area contributed by atoms with Crippen LogP contribution in [-0.4, -0.2) is 23.1 Å². The van der Waals surface area contributed by atoms with Crippen molar-refractivity contribution in [2.24, 2.45) is 0 Å². The molecule has 94 valence electrons. The summed E-state index contributed by atoms with van der Waals surface area (Å²) in [6.07, 6.45) is 0.293. The average Bonchev–Trinajstić information content (AvgIpc) is 2.35. The molecular formula is C12H13N3O3. The summed E-state index contributed by atoms with van der Waals surface area (Å²) in [6, 6.07) is 6.76. The molecule has 0 unspecified atom stereocenters. The van der Waals surface area contributed by atoms with Crippen molar-refractivity contribution in [3.63, 3.8) is 0 Å². The maximum atomic E-state index is 11.5. The number of aliphatic carboxylic acids is 1. The Bertz CT molecular complexity index is 494. The summed E-state index contributed by atoms with van der Waals surface area (Å²) in [5, 5.41) is 22.3. The first-order valence-corrected chi connectivity index (χ1v) is 5.37. The molecule has 0 heterocycles. The van der Waals surface area contributed by atoms with E-state index in [4.69, 9.17) is 10.4 Å². The predicted molar refractivity (Wildman–Crippen MR) is 65.0 cm³/mol. The molecule has 6 nitrogen and oxygen atoms in total. The second-order valence-electron chi connectivity index (χ2n) is 3.59. The van der Waals surface area contributed by atoms with Gasteiger partial charge in [0.25, 0.3) is 0 Å². The van der Waals surface area contributed by atoms with Crippen LogP contribution in [0.25, 0.3) is 0 Å². The van der Waals surface area contributed by atoms with Crippen molar-refractivity contribution in [2.45, 2.75) is 19.4 Å². The van der Waals surface area contributed by atoms with E-state index in [1.165, 1.54) is 6.07 Å². The second kappa shape index (κ2) is 6.25. The highest BCUT2D eigenvalue weighted by molar-refractivity contribution is 5.92. The van der Waals surface area contributed by atoms with Crippen molar-refractivity contribution in [3.05, 3.63) is 29.8 Å². The molecule has 3 N–H and O–H groups in total. The van der Waals surface area contributed by atoms with Crippen molar-refractivity contribution in [3.8, 4) is 6.07 Å². The summed E-state index contributed by atoms with van der Waals surface area (Å²) >= 11 is 0. The molecular weight excluding hydrogens is 234 g/mol. The number of carboxylic acid groups (broad SMARTS) is 1. The number of anilines is 1. The van der Waals surface area contributed by atoms with Crippen molar-refractivity contribution >= 4 is 17.7 Å². The van der Waals surface area contributed by atoms with E-state index in [2.05, 4.69) is 10.6 Å². The van der Waals surface area contributed by atoms with Gasteiger partial charge in [-0.25, -0.2) is 9.59 Å². The molecule has 0 bridgehead atoms. The normalized spacial score (nSPS) is 11.1. The smallest absolute Gasteiger partial charge is 0.326 e. The molecule has 1 atom stereocenters. The lowest BCUT2D eigenvalue weighted by molar-refractivity contribution is -0.139. The third kappa shape index (κ3) is 3.79. The summed E-state index contributed by atoms with van der Waals surface area (Å²) in [4.78, 5) is 22.3. The molecule has 0 saturated heterocycles. The largest absolute Gasteiger partial charge is 0.480 e. The predicted octanol–water partition coefficient (Wildman–Crippen LogP) is 1.54. The number of benzene rings is 1. The van der Waals surface area contributed by atoms with Crippen LogP contribution in [0.15, 0.2) is 24.3 Å². The molecule has 0 aromatic heterocycles. The van der Waals surface area contributed by atoms with Crippen LogP contribution in [0.2, 0.25) is 0 Å². The highest BCUT2D eigenvalue weighted by atomic mass is 16.4. The molecule has 0 aliphatic rings. The van der Waals surface area contributed by atoms with Crippen LogP contribution in [0, 0.1) is 11.3 Å². The number of rotatable bonds is 4. The summed E-state index contributed by atoms with van der Waals surface area (Å²) in [5.74, 6) is -1.08. The Kier molecular flexibility index (Phi) is 4.69. The topological polar surface area (TPSA) is 102 Å². The Balaban J connectivity index is 2.64. The van der Waals surface area contributed by atoms with Gasteiger partial charge in [-0.1, -0.05) is 13.0 Å². The molecule has 0 aliphatic carbocycles. The monoisotopic (exact) mass is 247 g/mol. The number of nitrogens with zero attached hydrogens (tertiary/aromatic N) is 1. The van der Waals surface area contributed by atoms with E-state index in [1.807, 2.05) is 6.07 Å². The van der Waals surface area contributed by atoms with Crippen LogP contribution in [0.3, 0.4) is 0 Å². The maximum absolute atomic E-state index is 11.5. The van der Waals surface area contributed by atoms with E-state index in [0.717, 1.165) is 0 Å². The van der Waals surface area contributed by atoms with Gasteiger partial charge in [0.15, 0.2) is 0 Å². The number of carbonyl (C=O) groups excluding carboxylic acids is 1. The fourth-order valence-corrected chi connectivity index (χ4v) is 1.33. The van der Waals surface area contributed by atoms with Crippen molar-refractivity contribution < 1.29 is 14.7 Å². The van der Waals surface area contributed by atoms with Gasteiger partial charge in [0.2, 0.25) is 0 Å². The Morgan fingerprint density at radius 1 is 1.50 bits per heavy atom. The summed E-state index contributed by atoms with van der Waals surface area (Å²) in [6.45, 7) is 1.66. The number of hydrogen-bond donors (Lipinski definition) is 3. The Labute approximate surface area is 104 Å². The molecule has 1 rings (SSSR count). The number of nitrogens with one attached hydrogen (secondary N) is 2. The zero-order valence-electron chi connectivity index (χ0n) is 9.80. The maximum Gasteiger partial charge on any atom is 0.326 e. The minimum absolute atomic E-state index is 0.293. The van der Waals surface area contributed by atoms with E-state index in [0.29, 0.717) is 17.7 Å². The van der Waals surface area contributed by atoms with E-state index < -0.39 is 18.0 Å². The van der Waals surface area contributed by atoms with E-state index in [-0.39, 0.29) is 0 Å². The molecule has 1 aromatic carbocycles. The fourth-order valence-electron chi connectivity index (χ4n) is 1.33. The SMILES string of the molecule is CC[C@@H](NC(=O)Nc1cccc(C#N)c1)C(=O)O. The highest BCUT2D eigenvalue weighted by Crippen LogP contribution is 2.09. The average molecular weight is 247 g/mol. The fraction of sp³-hybridized carbons (Fsp3) is 0.250.